The van der Waals surface area contributed by atoms with Gasteiger partial charge in [0.15, 0.2) is 11.5 Å². The normalized spacial score (nSPS) is 13.1. The molecule has 2 aromatic rings. The van der Waals surface area contributed by atoms with E-state index in [1.165, 1.54) is 0 Å². The second kappa shape index (κ2) is 10.0. The van der Waals surface area contributed by atoms with Crippen molar-refractivity contribution in [3.8, 4) is 11.5 Å². The molecule has 0 radical (unpaired) electrons. The number of carbonyl (C=O) groups is 2. The summed E-state index contributed by atoms with van der Waals surface area (Å²) in [4.78, 5) is 27.1. The van der Waals surface area contributed by atoms with Gasteiger partial charge in [-0.3, -0.25) is 9.59 Å². The van der Waals surface area contributed by atoms with Crippen LogP contribution in [0.1, 0.15) is 31.4 Å². The fourth-order valence-corrected chi connectivity index (χ4v) is 3.55. The summed E-state index contributed by atoms with van der Waals surface area (Å²) in [7, 11) is 0. The molecule has 1 N–H and O–H groups in total. The molecule has 0 unspecified atom stereocenters. The lowest BCUT2D eigenvalue weighted by Crippen LogP contribution is -2.47. The Morgan fingerprint density at radius 3 is 2.53 bits per heavy atom. The zero-order valence-electron chi connectivity index (χ0n) is 16.9. The van der Waals surface area contributed by atoms with E-state index in [1.807, 2.05) is 25.1 Å². The topological polar surface area (TPSA) is 67.9 Å². The molecule has 0 saturated heterocycles. The number of fused-ring (bicyclic) bond motifs is 1. The number of aryl methyl sites for hydroxylation is 1. The molecular formula is C22H24Cl2N2O4. The van der Waals surface area contributed by atoms with Crippen molar-refractivity contribution in [1.82, 2.24) is 10.2 Å². The number of carbonyl (C=O) groups excluding carboxylic acids is 2. The van der Waals surface area contributed by atoms with Gasteiger partial charge in [0.25, 0.3) is 0 Å². The van der Waals surface area contributed by atoms with E-state index in [0.29, 0.717) is 34.5 Å². The lowest BCUT2D eigenvalue weighted by atomic mass is 10.1. The number of hydrogen-bond acceptors (Lipinski definition) is 4. The maximum atomic E-state index is 13.1. The predicted octanol–water partition coefficient (Wildman–Crippen LogP) is 4.21. The van der Waals surface area contributed by atoms with Gasteiger partial charge in [-0.2, -0.15) is 0 Å². The van der Waals surface area contributed by atoms with Crippen molar-refractivity contribution in [2.75, 3.05) is 13.3 Å². The molecule has 0 bridgehead atoms. The van der Waals surface area contributed by atoms with Gasteiger partial charge in [0.1, 0.15) is 6.04 Å². The van der Waals surface area contributed by atoms with Gasteiger partial charge < -0.3 is 19.7 Å². The van der Waals surface area contributed by atoms with Crippen LogP contribution in [0.3, 0.4) is 0 Å². The zero-order valence-corrected chi connectivity index (χ0v) is 18.4. The van der Waals surface area contributed by atoms with Gasteiger partial charge in [-0.25, -0.2) is 0 Å². The average Bonchev–Trinajstić information content (AvgIpc) is 3.20. The van der Waals surface area contributed by atoms with Crippen LogP contribution in [-0.2, 0) is 22.6 Å². The van der Waals surface area contributed by atoms with Crippen LogP contribution in [0.5, 0.6) is 11.5 Å². The monoisotopic (exact) mass is 450 g/mol. The van der Waals surface area contributed by atoms with E-state index < -0.39 is 6.04 Å². The first-order valence-corrected chi connectivity index (χ1v) is 10.5. The SMILES string of the molecule is CCNC(=O)[C@@H](C)N(Cc1ccc(Cl)c(Cl)c1)C(=O)CCc1ccc2c(c1)OCO2. The Morgan fingerprint density at radius 2 is 1.80 bits per heavy atom. The highest BCUT2D eigenvalue weighted by Crippen LogP contribution is 2.33. The van der Waals surface area contributed by atoms with Crippen molar-refractivity contribution in [3.63, 3.8) is 0 Å². The highest BCUT2D eigenvalue weighted by Gasteiger charge is 2.26. The summed E-state index contributed by atoms with van der Waals surface area (Å²) in [6.07, 6.45) is 0.778. The van der Waals surface area contributed by atoms with Crippen LogP contribution in [0.15, 0.2) is 36.4 Å². The minimum Gasteiger partial charge on any atom is -0.454 e. The third kappa shape index (κ3) is 5.37. The van der Waals surface area contributed by atoms with Crippen molar-refractivity contribution in [2.45, 2.75) is 39.3 Å². The first kappa shape index (κ1) is 22.2. The number of halogens is 2. The number of nitrogens with one attached hydrogen (secondary N) is 1. The van der Waals surface area contributed by atoms with Gasteiger partial charge in [0.05, 0.1) is 10.0 Å². The lowest BCUT2D eigenvalue weighted by molar-refractivity contribution is -0.140. The summed E-state index contributed by atoms with van der Waals surface area (Å²) >= 11 is 12.1. The van der Waals surface area contributed by atoms with Crippen molar-refractivity contribution < 1.29 is 19.1 Å². The first-order valence-electron chi connectivity index (χ1n) is 9.78. The molecule has 1 atom stereocenters. The molecule has 6 nitrogen and oxygen atoms in total. The molecule has 0 spiro atoms. The largest absolute Gasteiger partial charge is 0.454 e. The summed E-state index contributed by atoms with van der Waals surface area (Å²) < 4.78 is 10.7. The van der Waals surface area contributed by atoms with Crippen LogP contribution in [0.4, 0.5) is 0 Å². The molecular weight excluding hydrogens is 427 g/mol. The minimum atomic E-state index is -0.622. The molecule has 160 valence electrons. The Bertz CT molecular complexity index is 935. The summed E-state index contributed by atoms with van der Waals surface area (Å²) in [5, 5.41) is 3.63. The fraction of sp³-hybridized carbons (Fsp3) is 0.364. The molecule has 0 aromatic heterocycles. The Labute approximate surface area is 186 Å². The zero-order chi connectivity index (χ0) is 21.7. The lowest BCUT2D eigenvalue weighted by Gasteiger charge is -2.29. The van der Waals surface area contributed by atoms with E-state index in [9.17, 15) is 9.59 Å². The molecule has 1 aliphatic heterocycles. The Morgan fingerprint density at radius 1 is 1.07 bits per heavy atom. The van der Waals surface area contributed by atoms with Gasteiger partial charge in [-0.1, -0.05) is 35.3 Å². The number of rotatable bonds is 8. The van der Waals surface area contributed by atoms with Gasteiger partial charge in [-0.05, 0) is 55.7 Å². The number of nitrogens with zero attached hydrogens (tertiary/aromatic N) is 1. The summed E-state index contributed by atoms with van der Waals surface area (Å²) in [5.41, 5.74) is 1.77. The third-order valence-electron chi connectivity index (χ3n) is 4.92. The molecule has 0 saturated carbocycles. The number of benzene rings is 2. The first-order chi connectivity index (χ1) is 14.4. The average molecular weight is 451 g/mol. The maximum absolute atomic E-state index is 13.1. The predicted molar refractivity (Wildman–Crippen MR) is 116 cm³/mol. The summed E-state index contributed by atoms with van der Waals surface area (Å²) in [6.45, 7) is 4.53. The van der Waals surface area contributed by atoms with Crippen LogP contribution in [-0.4, -0.2) is 36.1 Å². The molecule has 30 heavy (non-hydrogen) atoms. The third-order valence-corrected chi connectivity index (χ3v) is 5.66. The van der Waals surface area contributed by atoms with E-state index in [-0.39, 0.29) is 31.6 Å². The Balaban J connectivity index is 1.73. The van der Waals surface area contributed by atoms with Crippen LogP contribution in [0, 0.1) is 0 Å². The quantitative estimate of drug-likeness (QED) is 0.653. The van der Waals surface area contributed by atoms with Crippen LogP contribution < -0.4 is 14.8 Å². The molecule has 0 aliphatic carbocycles. The Kier molecular flexibility index (Phi) is 7.45. The molecule has 2 amide bonds. The van der Waals surface area contributed by atoms with Crippen molar-refractivity contribution in [2.24, 2.45) is 0 Å². The molecule has 8 heteroatoms. The number of ether oxygens (including phenoxy) is 2. The summed E-state index contributed by atoms with van der Waals surface area (Å²) in [6, 6.07) is 10.2. The van der Waals surface area contributed by atoms with E-state index in [4.69, 9.17) is 32.7 Å². The molecule has 3 rings (SSSR count). The smallest absolute Gasteiger partial charge is 0.242 e. The number of likely N-dealkylation sites (N-methyl/N-ethyl adjacent to an activating group) is 1. The number of amides is 2. The van der Waals surface area contributed by atoms with Crippen LogP contribution >= 0.6 is 23.2 Å². The molecule has 0 fully saturated rings. The maximum Gasteiger partial charge on any atom is 0.242 e. The van der Waals surface area contributed by atoms with E-state index in [0.717, 1.165) is 11.1 Å². The fourth-order valence-electron chi connectivity index (χ4n) is 3.23. The minimum absolute atomic E-state index is 0.127. The van der Waals surface area contributed by atoms with E-state index in [1.54, 1.807) is 30.0 Å². The summed E-state index contributed by atoms with van der Waals surface area (Å²) in [5.74, 6) is 1.06. The van der Waals surface area contributed by atoms with Crippen LogP contribution in [0.2, 0.25) is 10.0 Å². The second-order valence-electron chi connectivity index (χ2n) is 7.03. The molecule has 2 aromatic carbocycles. The highest BCUT2D eigenvalue weighted by molar-refractivity contribution is 6.42. The standard InChI is InChI=1S/C22H24Cl2N2O4/c1-3-25-22(28)14(2)26(12-16-4-7-17(23)18(24)10-16)21(27)9-6-15-5-8-19-20(11-15)30-13-29-19/h4-5,7-8,10-11,14H,3,6,9,12-13H2,1-2H3,(H,25,28)/t14-/m1/s1. The van der Waals surface area contributed by atoms with Crippen molar-refractivity contribution in [1.29, 1.82) is 0 Å². The van der Waals surface area contributed by atoms with Gasteiger partial charge in [-0.15, -0.1) is 0 Å². The van der Waals surface area contributed by atoms with Gasteiger partial charge in [0.2, 0.25) is 18.6 Å². The second-order valence-corrected chi connectivity index (χ2v) is 7.84. The van der Waals surface area contributed by atoms with E-state index in [2.05, 4.69) is 5.32 Å². The van der Waals surface area contributed by atoms with Gasteiger partial charge >= 0.3 is 0 Å². The highest BCUT2D eigenvalue weighted by atomic mass is 35.5. The van der Waals surface area contributed by atoms with Gasteiger partial charge in [0, 0.05) is 19.5 Å². The van der Waals surface area contributed by atoms with Crippen LogP contribution in [0.25, 0.3) is 0 Å². The molecule has 1 heterocycles. The van der Waals surface area contributed by atoms with E-state index >= 15 is 0 Å². The molecule has 1 aliphatic rings. The van der Waals surface area contributed by atoms with Crippen molar-refractivity contribution in [3.05, 3.63) is 57.6 Å². The van der Waals surface area contributed by atoms with Crippen molar-refractivity contribution >= 4 is 35.0 Å². The number of hydrogen-bond donors (Lipinski definition) is 1. The Hall–Kier alpha value is -2.44.